The number of aliphatic hydroxyl groups is 5. The van der Waals surface area contributed by atoms with Crippen LogP contribution in [0.25, 0.3) is 0 Å². The molecule has 0 aliphatic carbocycles. The largest absolute Gasteiger partial charge is 0.463 e. The highest BCUT2D eigenvalue weighted by Gasteiger charge is 2.43. The first-order chi connectivity index (χ1) is 22.3. The first-order valence-electron chi connectivity index (χ1n) is 19.6. The van der Waals surface area contributed by atoms with Gasteiger partial charge in [-0.05, 0) is 12.8 Å². The third-order valence-corrected chi connectivity index (χ3v) is 9.82. The number of aliphatic hydroxyl groups excluding tert-OH is 5. The Morgan fingerprint density at radius 2 is 0.913 bits per heavy atom. The molecule has 274 valence electrons. The van der Waals surface area contributed by atoms with Crippen LogP contribution in [0.5, 0.6) is 0 Å². The van der Waals surface area contributed by atoms with E-state index in [2.05, 4.69) is 13.8 Å². The molecule has 0 aromatic rings. The minimum absolute atomic E-state index is 0.374. The van der Waals surface area contributed by atoms with Crippen molar-refractivity contribution in [2.75, 3.05) is 6.61 Å². The predicted octanol–water partition coefficient (Wildman–Crippen LogP) is 7.88. The summed E-state index contributed by atoms with van der Waals surface area (Å²) in [5.41, 5.74) is 0. The zero-order valence-electron chi connectivity index (χ0n) is 29.8. The van der Waals surface area contributed by atoms with E-state index in [0.29, 0.717) is 12.8 Å². The summed E-state index contributed by atoms with van der Waals surface area (Å²) in [6, 6.07) is 0. The third-order valence-electron chi connectivity index (χ3n) is 9.82. The number of unbranched alkanes of at least 4 members (excludes halogenated alkanes) is 23. The van der Waals surface area contributed by atoms with Gasteiger partial charge < -0.3 is 35.0 Å². The fraction of sp³-hybridized carbons (Fsp3) is 0.974. The number of esters is 1. The molecule has 0 bridgehead atoms. The summed E-state index contributed by atoms with van der Waals surface area (Å²) in [5, 5.41) is 50.7. The van der Waals surface area contributed by atoms with Crippen LogP contribution in [0.15, 0.2) is 0 Å². The van der Waals surface area contributed by atoms with Crippen LogP contribution < -0.4 is 0 Å². The number of ether oxygens (including phenoxy) is 2. The Kier molecular flexibility index (Phi) is 27.4. The van der Waals surface area contributed by atoms with Crippen LogP contribution in [0.4, 0.5) is 0 Å². The fourth-order valence-corrected chi connectivity index (χ4v) is 6.58. The second kappa shape index (κ2) is 29.2. The van der Waals surface area contributed by atoms with Crippen molar-refractivity contribution in [3.63, 3.8) is 0 Å². The van der Waals surface area contributed by atoms with Gasteiger partial charge in [-0.25, -0.2) is 0 Å². The van der Waals surface area contributed by atoms with Crippen LogP contribution in [0.3, 0.4) is 0 Å². The first-order valence-corrected chi connectivity index (χ1v) is 19.6. The van der Waals surface area contributed by atoms with E-state index in [1.54, 1.807) is 0 Å². The molecule has 46 heavy (non-hydrogen) atoms. The summed E-state index contributed by atoms with van der Waals surface area (Å²) in [6.07, 6.45) is 23.6. The molecule has 0 saturated carbocycles. The summed E-state index contributed by atoms with van der Waals surface area (Å²) in [4.78, 5) is 13.1. The summed E-state index contributed by atoms with van der Waals surface area (Å²) in [7, 11) is 0. The van der Waals surface area contributed by atoms with Gasteiger partial charge in [-0.3, -0.25) is 4.79 Å². The van der Waals surface area contributed by atoms with Gasteiger partial charge in [0.05, 0.1) is 12.0 Å². The average Bonchev–Trinajstić information content (AvgIpc) is 3.05. The molecule has 1 heterocycles. The van der Waals surface area contributed by atoms with E-state index in [4.69, 9.17) is 9.47 Å². The molecule has 0 radical (unpaired) electrons. The van der Waals surface area contributed by atoms with Gasteiger partial charge in [-0.1, -0.05) is 174 Å². The second-order valence-electron chi connectivity index (χ2n) is 14.0. The first kappa shape index (κ1) is 43.3. The molecular formula is C38H74O8. The van der Waals surface area contributed by atoms with Crippen molar-refractivity contribution in [2.24, 2.45) is 5.92 Å². The van der Waals surface area contributed by atoms with Crippen LogP contribution in [-0.4, -0.2) is 74.9 Å². The molecule has 8 nitrogen and oxygen atoms in total. The Morgan fingerprint density at radius 3 is 1.33 bits per heavy atom. The molecule has 1 saturated heterocycles. The summed E-state index contributed by atoms with van der Waals surface area (Å²) in [6.45, 7) is 4.12. The number of carbonyl (C=O) groups excluding carboxylic acids is 1. The highest BCUT2D eigenvalue weighted by atomic mass is 16.6. The molecule has 5 N–H and O–H groups in total. The fourth-order valence-electron chi connectivity index (χ4n) is 6.58. The molecule has 3 unspecified atom stereocenters. The Labute approximate surface area is 282 Å². The SMILES string of the molecule is CCCCCCCCCCCCCCCC(O)C(CCCCCCCCCCCCCC)C(=O)OC[C@H]1OC(O)[C@H](O)[C@@H](O)[C@@H]1O. The lowest BCUT2D eigenvalue weighted by molar-refractivity contribution is -0.287. The second-order valence-corrected chi connectivity index (χ2v) is 14.0. The number of carbonyl (C=O) groups is 1. The third kappa shape index (κ3) is 20.6. The summed E-state index contributed by atoms with van der Waals surface area (Å²) >= 11 is 0. The van der Waals surface area contributed by atoms with E-state index in [1.165, 1.54) is 122 Å². The minimum Gasteiger partial charge on any atom is -0.463 e. The molecule has 1 aliphatic rings. The molecule has 0 amide bonds. The highest BCUT2D eigenvalue weighted by Crippen LogP contribution is 2.24. The van der Waals surface area contributed by atoms with E-state index in [-0.39, 0.29) is 6.61 Å². The van der Waals surface area contributed by atoms with Gasteiger partial charge in [0, 0.05) is 0 Å². The van der Waals surface area contributed by atoms with Crippen molar-refractivity contribution in [3.05, 3.63) is 0 Å². The lowest BCUT2D eigenvalue weighted by atomic mass is 9.91. The highest BCUT2D eigenvalue weighted by molar-refractivity contribution is 5.73. The van der Waals surface area contributed by atoms with E-state index in [9.17, 15) is 30.3 Å². The van der Waals surface area contributed by atoms with Gasteiger partial charge in [0.2, 0.25) is 0 Å². The van der Waals surface area contributed by atoms with Crippen molar-refractivity contribution < 1.29 is 39.8 Å². The summed E-state index contributed by atoms with van der Waals surface area (Å²) in [5.74, 6) is -1.21. The number of hydrogen-bond acceptors (Lipinski definition) is 8. The zero-order chi connectivity index (χ0) is 33.8. The van der Waals surface area contributed by atoms with E-state index in [1.807, 2.05) is 0 Å². The van der Waals surface area contributed by atoms with Crippen LogP contribution in [0, 0.1) is 5.92 Å². The van der Waals surface area contributed by atoms with Crippen LogP contribution >= 0.6 is 0 Å². The van der Waals surface area contributed by atoms with Crippen molar-refractivity contribution in [2.45, 2.75) is 224 Å². The van der Waals surface area contributed by atoms with E-state index >= 15 is 0 Å². The van der Waals surface area contributed by atoms with Crippen molar-refractivity contribution >= 4 is 5.97 Å². The quantitative estimate of drug-likeness (QED) is 0.0375. The maximum absolute atomic E-state index is 13.1. The molecule has 1 fully saturated rings. The number of rotatable bonds is 31. The standard InChI is InChI=1S/C38H74O8/c1-3-5-7-9-11-13-15-17-19-21-23-25-27-29-32(39)31(28-26-24-22-20-18-16-14-12-10-8-6-4-2)37(43)45-30-33-34(40)35(41)36(42)38(44)46-33/h31-36,38-42,44H,3-30H2,1-2H3/t31?,32?,33-,34-,35+,36-,38?/m1/s1. The smallest absolute Gasteiger partial charge is 0.311 e. The van der Waals surface area contributed by atoms with Gasteiger partial charge in [0.25, 0.3) is 0 Å². The van der Waals surface area contributed by atoms with Crippen molar-refractivity contribution in [1.82, 2.24) is 0 Å². The van der Waals surface area contributed by atoms with Gasteiger partial charge in [0.15, 0.2) is 6.29 Å². The Balaban J connectivity index is 2.38. The molecule has 0 aromatic carbocycles. The molecule has 1 rings (SSSR count). The van der Waals surface area contributed by atoms with E-state index < -0.39 is 48.7 Å². The van der Waals surface area contributed by atoms with Crippen molar-refractivity contribution in [1.29, 1.82) is 0 Å². The lowest BCUT2D eigenvalue weighted by Crippen LogP contribution is -2.58. The molecule has 8 heteroatoms. The van der Waals surface area contributed by atoms with Gasteiger partial charge in [-0.2, -0.15) is 0 Å². The topological polar surface area (TPSA) is 137 Å². The van der Waals surface area contributed by atoms with Crippen LogP contribution in [0.1, 0.15) is 187 Å². The van der Waals surface area contributed by atoms with Gasteiger partial charge >= 0.3 is 5.97 Å². The molecular weight excluding hydrogens is 584 g/mol. The summed E-state index contributed by atoms with van der Waals surface area (Å²) < 4.78 is 10.6. The Bertz CT molecular complexity index is 692. The molecule has 7 atom stereocenters. The van der Waals surface area contributed by atoms with Gasteiger partial charge in [-0.15, -0.1) is 0 Å². The zero-order valence-corrected chi connectivity index (χ0v) is 29.8. The molecule has 1 aliphatic heterocycles. The van der Waals surface area contributed by atoms with Crippen LogP contribution in [-0.2, 0) is 14.3 Å². The molecule has 0 spiro atoms. The van der Waals surface area contributed by atoms with E-state index in [0.717, 1.165) is 38.5 Å². The van der Waals surface area contributed by atoms with Crippen molar-refractivity contribution in [3.8, 4) is 0 Å². The van der Waals surface area contributed by atoms with Gasteiger partial charge in [0.1, 0.15) is 31.0 Å². The molecule has 0 aromatic heterocycles. The minimum atomic E-state index is -1.68. The predicted molar refractivity (Wildman–Crippen MR) is 185 cm³/mol. The normalized spacial score (nSPS) is 23.0. The Hall–Kier alpha value is -0.770. The maximum atomic E-state index is 13.1. The monoisotopic (exact) mass is 659 g/mol. The van der Waals surface area contributed by atoms with Crippen LogP contribution in [0.2, 0.25) is 0 Å². The average molecular weight is 659 g/mol. The number of hydrogen-bond donors (Lipinski definition) is 5. The Morgan fingerprint density at radius 1 is 0.543 bits per heavy atom. The maximum Gasteiger partial charge on any atom is 0.311 e. The lowest BCUT2D eigenvalue weighted by Gasteiger charge is -2.38.